The monoisotopic (exact) mass is 538 g/mol. The number of carbonyl (C=O) groups excluding carboxylic acids is 1. The quantitative estimate of drug-likeness (QED) is 0.438. The number of nitrogens with zero attached hydrogens (tertiary/aromatic N) is 3. The minimum absolute atomic E-state index is 0.0692. The van der Waals surface area contributed by atoms with Crippen LogP contribution in [0.5, 0.6) is 17.4 Å². The summed E-state index contributed by atoms with van der Waals surface area (Å²) in [5.41, 5.74) is -0.383. The summed E-state index contributed by atoms with van der Waals surface area (Å²) in [4.78, 5) is 23.8. The number of anilines is 1. The molecule has 202 valence electrons. The largest absolute Gasteiger partial charge is 0.488 e. The molecule has 3 aromatic rings. The van der Waals surface area contributed by atoms with Gasteiger partial charge in [0.25, 0.3) is 15.9 Å². The average Bonchev–Trinajstić information content (AvgIpc) is 3.11. The first-order chi connectivity index (χ1) is 17.8. The Kier molecular flexibility index (Phi) is 7.38. The third-order valence-corrected chi connectivity index (χ3v) is 7.88. The molecule has 0 spiro atoms. The molecule has 1 aliphatic heterocycles. The lowest BCUT2D eigenvalue weighted by Crippen LogP contribution is -2.43. The Labute approximate surface area is 224 Å². The van der Waals surface area contributed by atoms with E-state index in [9.17, 15) is 13.2 Å². The van der Waals surface area contributed by atoms with Crippen LogP contribution in [0.1, 0.15) is 58.3 Å². The van der Waals surface area contributed by atoms with Crippen LogP contribution in [0.4, 0.5) is 5.82 Å². The van der Waals surface area contributed by atoms with Crippen LogP contribution in [-0.2, 0) is 10.0 Å². The number of carbonyl (C=O) groups is 1. The smallest absolute Gasteiger partial charge is 0.281 e. The first kappa shape index (κ1) is 27.4. The maximum absolute atomic E-state index is 13.2. The van der Waals surface area contributed by atoms with Gasteiger partial charge in [0, 0.05) is 24.3 Å². The second-order valence-electron chi connectivity index (χ2n) is 10.9. The fourth-order valence-electron chi connectivity index (χ4n) is 4.28. The number of pyridine rings is 2. The highest BCUT2D eigenvalue weighted by Gasteiger charge is 2.40. The molecule has 1 N–H and O–H groups in total. The molecule has 1 amide bonds. The van der Waals surface area contributed by atoms with Crippen molar-refractivity contribution in [1.29, 1.82) is 0 Å². The van der Waals surface area contributed by atoms with Gasteiger partial charge in [-0.2, -0.15) is 13.4 Å². The van der Waals surface area contributed by atoms with E-state index < -0.39 is 15.9 Å². The van der Waals surface area contributed by atoms with Gasteiger partial charge in [-0.15, -0.1) is 0 Å². The van der Waals surface area contributed by atoms with Crippen molar-refractivity contribution >= 4 is 21.7 Å². The van der Waals surface area contributed by atoms with Crippen molar-refractivity contribution in [3.63, 3.8) is 0 Å². The number of amides is 1. The number of sulfonamides is 1. The summed E-state index contributed by atoms with van der Waals surface area (Å²) < 4.78 is 39.9. The molecule has 1 aliphatic rings. The number of hydrogen-bond donors (Lipinski definition) is 1. The topological polar surface area (TPSA) is 111 Å². The van der Waals surface area contributed by atoms with Crippen molar-refractivity contribution in [2.24, 2.45) is 5.92 Å². The number of nitrogens with one attached hydrogen (secondary N) is 1. The molecule has 1 saturated heterocycles. The fraction of sp³-hybridized carbons (Fsp3) is 0.393. The first-order valence-electron chi connectivity index (χ1n) is 12.5. The standard InChI is InChI=1S/C28H34N4O5S/c1-19-16-18-32(28(19,5)6)25-22(9-8-17-29-25)26(33)31-38(34,35)24-11-7-10-23(30-24)36-20-12-14-21(15-13-20)37-27(2,3)4/h7-15,17,19H,16,18H2,1-6H3,(H,31,33). The number of rotatable bonds is 7. The molecule has 1 fully saturated rings. The van der Waals surface area contributed by atoms with E-state index in [2.05, 4.69) is 40.4 Å². The Morgan fingerprint density at radius 1 is 1.05 bits per heavy atom. The summed E-state index contributed by atoms with van der Waals surface area (Å²) in [6.07, 6.45) is 2.55. The molecule has 1 unspecified atom stereocenters. The van der Waals surface area contributed by atoms with Crippen LogP contribution in [0.25, 0.3) is 0 Å². The van der Waals surface area contributed by atoms with Crippen LogP contribution in [0.3, 0.4) is 0 Å². The molecular formula is C28H34N4O5S. The first-order valence-corrected chi connectivity index (χ1v) is 14.0. The van der Waals surface area contributed by atoms with Gasteiger partial charge < -0.3 is 14.4 Å². The minimum Gasteiger partial charge on any atom is -0.488 e. The Hall–Kier alpha value is -3.66. The predicted octanol–water partition coefficient (Wildman–Crippen LogP) is 5.19. The summed E-state index contributed by atoms with van der Waals surface area (Å²) in [6, 6.07) is 14.5. The summed E-state index contributed by atoms with van der Waals surface area (Å²) in [6.45, 7) is 12.9. The Morgan fingerprint density at radius 2 is 1.74 bits per heavy atom. The van der Waals surface area contributed by atoms with Crippen molar-refractivity contribution in [3.05, 3.63) is 66.4 Å². The van der Waals surface area contributed by atoms with Gasteiger partial charge in [-0.1, -0.05) is 13.0 Å². The molecule has 10 heteroatoms. The molecule has 4 rings (SSSR count). The highest BCUT2D eigenvalue weighted by Crippen LogP contribution is 2.38. The van der Waals surface area contributed by atoms with Gasteiger partial charge in [-0.25, -0.2) is 9.71 Å². The third-order valence-electron chi connectivity index (χ3n) is 6.64. The molecule has 1 aromatic carbocycles. The molecule has 0 saturated carbocycles. The predicted molar refractivity (Wildman–Crippen MR) is 145 cm³/mol. The van der Waals surface area contributed by atoms with Crippen molar-refractivity contribution in [2.75, 3.05) is 11.4 Å². The van der Waals surface area contributed by atoms with E-state index in [0.717, 1.165) is 13.0 Å². The molecule has 9 nitrogen and oxygen atoms in total. The zero-order chi connectivity index (χ0) is 27.7. The van der Waals surface area contributed by atoms with Crippen molar-refractivity contribution < 1.29 is 22.7 Å². The zero-order valence-corrected chi connectivity index (χ0v) is 23.4. The van der Waals surface area contributed by atoms with Gasteiger partial charge in [-0.05, 0) is 89.4 Å². The lowest BCUT2D eigenvalue weighted by Gasteiger charge is -2.36. The van der Waals surface area contributed by atoms with Gasteiger partial charge in [0.05, 0.1) is 5.56 Å². The van der Waals surface area contributed by atoms with E-state index in [4.69, 9.17) is 9.47 Å². The van der Waals surface area contributed by atoms with Crippen molar-refractivity contribution in [1.82, 2.24) is 14.7 Å². The summed E-state index contributed by atoms with van der Waals surface area (Å²) in [7, 11) is -4.29. The Balaban J connectivity index is 1.51. The van der Waals surface area contributed by atoms with Gasteiger partial charge >= 0.3 is 0 Å². The summed E-state index contributed by atoms with van der Waals surface area (Å²) in [5.74, 6) is 1.28. The fourth-order valence-corrected chi connectivity index (χ4v) is 5.21. The Bertz CT molecular complexity index is 1420. The lowest BCUT2D eigenvalue weighted by atomic mass is 9.90. The van der Waals surface area contributed by atoms with Crippen LogP contribution in [0.2, 0.25) is 0 Å². The summed E-state index contributed by atoms with van der Waals surface area (Å²) >= 11 is 0. The molecule has 0 radical (unpaired) electrons. The van der Waals surface area contributed by atoms with Crippen molar-refractivity contribution in [3.8, 4) is 17.4 Å². The molecule has 0 aliphatic carbocycles. The number of aromatic nitrogens is 2. The molecule has 2 aromatic heterocycles. The van der Waals surface area contributed by atoms with Crippen LogP contribution < -0.4 is 19.1 Å². The maximum atomic E-state index is 13.2. The van der Waals surface area contributed by atoms with Gasteiger partial charge in [-0.3, -0.25) is 4.79 Å². The highest BCUT2D eigenvalue weighted by molar-refractivity contribution is 7.90. The summed E-state index contributed by atoms with van der Waals surface area (Å²) in [5, 5.41) is -0.336. The van der Waals surface area contributed by atoms with Gasteiger partial charge in [0.15, 0.2) is 5.03 Å². The second-order valence-corrected chi connectivity index (χ2v) is 12.5. The van der Waals surface area contributed by atoms with E-state index in [1.54, 1.807) is 42.6 Å². The Morgan fingerprint density at radius 3 is 2.37 bits per heavy atom. The molecule has 0 bridgehead atoms. The molecular weight excluding hydrogens is 504 g/mol. The highest BCUT2D eigenvalue weighted by atomic mass is 32.2. The molecule has 3 heterocycles. The SMILES string of the molecule is CC1CCN(c2ncccc2C(=O)NS(=O)(=O)c2cccc(Oc3ccc(OC(C)(C)C)cc3)n2)C1(C)C. The normalized spacial score (nSPS) is 17.2. The average molecular weight is 539 g/mol. The molecule has 38 heavy (non-hydrogen) atoms. The minimum atomic E-state index is -4.29. The third kappa shape index (κ3) is 6.07. The molecule has 1 atom stereocenters. The second kappa shape index (κ2) is 10.2. The zero-order valence-electron chi connectivity index (χ0n) is 22.6. The lowest BCUT2D eigenvalue weighted by molar-refractivity contribution is 0.0981. The van der Waals surface area contributed by atoms with Crippen LogP contribution in [0, 0.1) is 5.92 Å². The van der Waals surface area contributed by atoms with E-state index >= 15 is 0 Å². The van der Waals surface area contributed by atoms with Crippen LogP contribution >= 0.6 is 0 Å². The van der Waals surface area contributed by atoms with Crippen LogP contribution in [0.15, 0.2) is 65.8 Å². The van der Waals surface area contributed by atoms with Gasteiger partial charge in [0.1, 0.15) is 22.9 Å². The maximum Gasteiger partial charge on any atom is 0.281 e. The van der Waals surface area contributed by atoms with E-state index in [0.29, 0.717) is 23.2 Å². The van der Waals surface area contributed by atoms with E-state index in [1.165, 1.54) is 18.2 Å². The van der Waals surface area contributed by atoms with E-state index in [1.807, 2.05) is 20.8 Å². The van der Waals surface area contributed by atoms with E-state index in [-0.39, 0.29) is 27.6 Å². The van der Waals surface area contributed by atoms with Crippen molar-refractivity contribution in [2.45, 2.75) is 64.1 Å². The number of benzene rings is 1. The number of ether oxygens (including phenoxy) is 2. The van der Waals surface area contributed by atoms with Crippen LogP contribution in [-0.4, -0.2) is 42.0 Å². The number of hydrogen-bond acceptors (Lipinski definition) is 8. The van der Waals surface area contributed by atoms with Gasteiger partial charge in [0.2, 0.25) is 5.88 Å².